The highest BCUT2D eigenvalue weighted by molar-refractivity contribution is 5.83. The highest BCUT2D eigenvalue weighted by atomic mass is 16.5. The van der Waals surface area contributed by atoms with Gasteiger partial charge < -0.3 is 24.4 Å². The molecule has 0 saturated heterocycles. The average molecular weight is 323 g/mol. The number of hydrogen-bond donors (Lipinski definition) is 2. The van der Waals surface area contributed by atoms with Gasteiger partial charge in [0, 0.05) is 6.07 Å². The molecule has 124 valence electrons. The SMILES string of the molecule is CCOC(=O)[C@@H](C)NC(=O)NCc1nc(-c2cc(C)on2)no1. The molecular weight excluding hydrogens is 306 g/mol. The number of urea groups is 1. The van der Waals surface area contributed by atoms with Gasteiger partial charge in [0.15, 0.2) is 5.69 Å². The van der Waals surface area contributed by atoms with Gasteiger partial charge in [-0.25, -0.2) is 9.59 Å². The molecule has 0 aromatic carbocycles. The summed E-state index contributed by atoms with van der Waals surface area (Å²) in [6.45, 7) is 5.21. The third-order valence-corrected chi connectivity index (χ3v) is 2.71. The first-order valence-corrected chi connectivity index (χ1v) is 6.97. The van der Waals surface area contributed by atoms with E-state index in [2.05, 4.69) is 25.9 Å². The average Bonchev–Trinajstić information content (AvgIpc) is 3.14. The van der Waals surface area contributed by atoms with Gasteiger partial charge in [-0.15, -0.1) is 0 Å². The molecule has 0 aliphatic rings. The molecule has 2 N–H and O–H groups in total. The summed E-state index contributed by atoms with van der Waals surface area (Å²) in [7, 11) is 0. The van der Waals surface area contributed by atoms with Crippen LogP contribution in [0, 0.1) is 6.92 Å². The first-order chi connectivity index (χ1) is 11.0. The first kappa shape index (κ1) is 16.5. The van der Waals surface area contributed by atoms with Gasteiger partial charge in [0.1, 0.15) is 11.8 Å². The highest BCUT2D eigenvalue weighted by Gasteiger charge is 2.17. The van der Waals surface area contributed by atoms with E-state index in [-0.39, 0.29) is 24.9 Å². The summed E-state index contributed by atoms with van der Waals surface area (Å²) in [5, 5.41) is 12.4. The van der Waals surface area contributed by atoms with Gasteiger partial charge in [0.05, 0.1) is 13.2 Å². The number of carbonyl (C=O) groups is 2. The Bertz CT molecular complexity index is 680. The minimum absolute atomic E-state index is 0.00517. The third kappa shape index (κ3) is 4.53. The molecule has 2 amide bonds. The number of esters is 1. The second kappa shape index (κ2) is 7.38. The van der Waals surface area contributed by atoms with Crippen molar-refractivity contribution in [3.05, 3.63) is 17.7 Å². The maximum Gasteiger partial charge on any atom is 0.328 e. The Morgan fingerprint density at radius 3 is 2.78 bits per heavy atom. The normalized spacial score (nSPS) is 11.8. The Labute approximate surface area is 131 Å². The number of rotatable bonds is 6. The first-order valence-electron chi connectivity index (χ1n) is 6.97. The predicted molar refractivity (Wildman–Crippen MR) is 76.0 cm³/mol. The molecule has 0 unspecified atom stereocenters. The third-order valence-electron chi connectivity index (χ3n) is 2.71. The molecule has 2 aromatic heterocycles. The largest absolute Gasteiger partial charge is 0.464 e. The molecule has 0 spiro atoms. The Balaban J connectivity index is 1.83. The maximum atomic E-state index is 11.7. The van der Waals surface area contributed by atoms with Gasteiger partial charge in [0.25, 0.3) is 0 Å². The fourth-order valence-corrected chi connectivity index (χ4v) is 1.63. The van der Waals surface area contributed by atoms with E-state index in [0.29, 0.717) is 11.5 Å². The molecule has 2 heterocycles. The fraction of sp³-hybridized carbons (Fsp3) is 0.462. The lowest BCUT2D eigenvalue weighted by Crippen LogP contribution is -2.44. The van der Waals surface area contributed by atoms with Crippen molar-refractivity contribution in [2.45, 2.75) is 33.4 Å². The summed E-state index contributed by atoms with van der Waals surface area (Å²) in [4.78, 5) is 27.1. The monoisotopic (exact) mass is 323 g/mol. The standard InChI is InChI=1S/C13H17N5O5/c1-4-21-12(19)8(3)15-13(20)14-6-10-16-11(18-23-10)9-5-7(2)22-17-9/h5,8H,4,6H2,1-3H3,(H2,14,15,20)/t8-/m1/s1. The zero-order chi connectivity index (χ0) is 16.8. The van der Waals surface area contributed by atoms with E-state index in [1.807, 2.05) is 0 Å². The molecule has 23 heavy (non-hydrogen) atoms. The highest BCUT2D eigenvalue weighted by Crippen LogP contribution is 2.14. The van der Waals surface area contributed by atoms with Crippen molar-refractivity contribution in [3.8, 4) is 11.5 Å². The predicted octanol–water partition coefficient (Wildman–Crippen LogP) is 0.784. The van der Waals surface area contributed by atoms with Crippen LogP contribution in [-0.4, -0.2) is 39.9 Å². The summed E-state index contributed by atoms with van der Waals surface area (Å²) >= 11 is 0. The van der Waals surface area contributed by atoms with E-state index < -0.39 is 18.0 Å². The van der Waals surface area contributed by atoms with Crippen molar-refractivity contribution in [3.63, 3.8) is 0 Å². The van der Waals surface area contributed by atoms with Crippen molar-refractivity contribution in [2.75, 3.05) is 6.61 Å². The summed E-state index contributed by atoms with van der Waals surface area (Å²) in [6.07, 6.45) is 0. The molecule has 0 aliphatic heterocycles. The summed E-state index contributed by atoms with van der Waals surface area (Å²) in [5.41, 5.74) is 0.442. The van der Waals surface area contributed by atoms with E-state index in [1.54, 1.807) is 19.9 Å². The minimum Gasteiger partial charge on any atom is -0.464 e. The van der Waals surface area contributed by atoms with Crippen LogP contribution in [-0.2, 0) is 16.1 Å². The van der Waals surface area contributed by atoms with Gasteiger partial charge in [-0.1, -0.05) is 10.3 Å². The number of amides is 2. The number of nitrogens with one attached hydrogen (secondary N) is 2. The smallest absolute Gasteiger partial charge is 0.328 e. The van der Waals surface area contributed by atoms with Gasteiger partial charge in [-0.05, 0) is 20.8 Å². The molecule has 0 fully saturated rings. The van der Waals surface area contributed by atoms with Crippen LogP contribution in [0.1, 0.15) is 25.5 Å². The van der Waals surface area contributed by atoms with Crippen molar-refractivity contribution >= 4 is 12.0 Å². The zero-order valence-electron chi connectivity index (χ0n) is 13.0. The summed E-state index contributed by atoms with van der Waals surface area (Å²) in [5.74, 6) is 0.569. The molecule has 10 heteroatoms. The molecule has 2 aromatic rings. The van der Waals surface area contributed by atoms with Crippen LogP contribution in [0.3, 0.4) is 0 Å². The van der Waals surface area contributed by atoms with Crippen LogP contribution >= 0.6 is 0 Å². The molecule has 0 aliphatic carbocycles. The molecule has 0 saturated carbocycles. The number of aromatic nitrogens is 3. The lowest BCUT2D eigenvalue weighted by atomic mass is 10.3. The van der Waals surface area contributed by atoms with Crippen LogP contribution in [0.5, 0.6) is 0 Å². The number of carbonyl (C=O) groups excluding carboxylic acids is 2. The maximum absolute atomic E-state index is 11.7. The number of aryl methyl sites for hydroxylation is 1. The van der Waals surface area contributed by atoms with Crippen molar-refractivity contribution in [2.24, 2.45) is 0 Å². The molecule has 2 rings (SSSR count). The molecular formula is C13H17N5O5. The Morgan fingerprint density at radius 2 is 2.13 bits per heavy atom. The molecule has 10 nitrogen and oxygen atoms in total. The lowest BCUT2D eigenvalue weighted by Gasteiger charge is -2.12. The molecule has 0 radical (unpaired) electrons. The lowest BCUT2D eigenvalue weighted by molar-refractivity contribution is -0.144. The van der Waals surface area contributed by atoms with Gasteiger partial charge in [-0.3, -0.25) is 0 Å². The Hall–Kier alpha value is -2.91. The molecule has 1 atom stereocenters. The number of nitrogens with zero attached hydrogens (tertiary/aromatic N) is 3. The second-order valence-corrected chi connectivity index (χ2v) is 4.64. The van der Waals surface area contributed by atoms with E-state index in [0.717, 1.165) is 0 Å². The van der Waals surface area contributed by atoms with E-state index >= 15 is 0 Å². The fourth-order valence-electron chi connectivity index (χ4n) is 1.63. The van der Waals surface area contributed by atoms with Crippen LogP contribution < -0.4 is 10.6 Å². The summed E-state index contributed by atoms with van der Waals surface area (Å²) < 4.78 is 14.7. The van der Waals surface area contributed by atoms with E-state index in [4.69, 9.17) is 13.8 Å². The topological polar surface area (TPSA) is 132 Å². The number of hydrogen-bond acceptors (Lipinski definition) is 8. The minimum atomic E-state index is -0.758. The van der Waals surface area contributed by atoms with Gasteiger partial charge in [0.2, 0.25) is 11.7 Å². The number of ether oxygens (including phenoxy) is 1. The van der Waals surface area contributed by atoms with Crippen LogP contribution in [0.2, 0.25) is 0 Å². The summed E-state index contributed by atoms with van der Waals surface area (Å²) in [6, 6.07) is 0.351. The van der Waals surface area contributed by atoms with Crippen LogP contribution in [0.15, 0.2) is 15.1 Å². The van der Waals surface area contributed by atoms with Crippen molar-refractivity contribution < 1.29 is 23.4 Å². The van der Waals surface area contributed by atoms with E-state index in [1.165, 1.54) is 6.92 Å². The van der Waals surface area contributed by atoms with Crippen LogP contribution in [0.25, 0.3) is 11.5 Å². The van der Waals surface area contributed by atoms with E-state index in [9.17, 15) is 9.59 Å². The quantitative estimate of drug-likeness (QED) is 0.745. The molecule has 0 bridgehead atoms. The van der Waals surface area contributed by atoms with Crippen molar-refractivity contribution in [1.82, 2.24) is 25.9 Å². The Kier molecular flexibility index (Phi) is 5.28. The second-order valence-electron chi connectivity index (χ2n) is 4.64. The van der Waals surface area contributed by atoms with Crippen molar-refractivity contribution in [1.29, 1.82) is 0 Å². The van der Waals surface area contributed by atoms with Crippen LogP contribution in [0.4, 0.5) is 4.79 Å². The van der Waals surface area contributed by atoms with Gasteiger partial charge in [-0.2, -0.15) is 4.98 Å². The Morgan fingerprint density at radius 1 is 1.35 bits per heavy atom. The van der Waals surface area contributed by atoms with Gasteiger partial charge >= 0.3 is 12.0 Å². The zero-order valence-corrected chi connectivity index (χ0v) is 13.0.